The van der Waals surface area contributed by atoms with Crippen LogP contribution in [0.1, 0.15) is 17.8 Å². The van der Waals surface area contributed by atoms with E-state index >= 15 is 0 Å². The lowest BCUT2D eigenvalue weighted by atomic mass is 10.3. The molecule has 29 heavy (non-hydrogen) atoms. The zero-order valence-corrected chi connectivity index (χ0v) is 18.9. The first-order chi connectivity index (χ1) is 14.1. The van der Waals surface area contributed by atoms with Crippen molar-refractivity contribution in [3.05, 3.63) is 52.2 Å². The summed E-state index contributed by atoms with van der Waals surface area (Å²) in [7, 11) is 0. The molecule has 1 N–H and O–H groups in total. The average Bonchev–Trinajstić information content (AvgIpc) is 3.33. The summed E-state index contributed by atoms with van der Waals surface area (Å²) in [4.78, 5) is 12.2. The second kappa shape index (κ2) is 10.5. The molecule has 0 aliphatic heterocycles. The Bertz CT molecular complexity index is 973. The first-order valence-electron chi connectivity index (χ1n) is 8.75. The number of allylic oxidation sites excluding steroid dienone is 1. The Morgan fingerprint density at radius 1 is 1.31 bits per heavy atom. The van der Waals surface area contributed by atoms with Crippen LogP contribution in [0.15, 0.2) is 46.5 Å². The summed E-state index contributed by atoms with van der Waals surface area (Å²) in [5.41, 5.74) is 0. The fraction of sp³-hybridized carbons (Fsp3) is 0.278. The van der Waals surface area contributed by atoms with Crippen molar-refractivity contribution >= 4 is 50.1 Å². The number of aryl methyl sites for hydroxylation is 1. The highest BCUT2D eigenvalue weighted by atomic mass is 79.9. The molecule has 152 valence electrons. The number of aromatic nitrogens is 5. The van der Waals surface area contributed by atoms with Crippen molar-refractivity contribution in [2.24, 2.45) is 0 Å². The van der Waals surface area contributed by atoms with Crippen molar-refractivity contribution in [3.8, 4) is 5.75 Å². The van der Waals surface area contributed by atoms with Crippen LogP contribution in [0.4, 0.5) is 5.13 Å². The molecule has 0 aliphatic rings. The number of rotatable bonds is 10. The summed E-state index contributed by atoms with van der Waals surface area (Å²) < 4.78 is 8.65. The molecule has 0 aliphatic carbocycles. The number of thioether (sulfide) groups is 1. The van der Waals surface area contributed by atoms with E-state index in [2.05, 4.69) is 48.2 Å². The summed E-state index contributed by atoms with van der Waals surface area (Å²) in [5, 5.41) is 21.1. The van der Waals surface area contributed by atoms with E-state index in [1.165, 1.54) is 23.1 Å². The second-order valence-corrected chi connectivity index (χ2v) is 8.65. The monoisotopic (exact) mass is 494 g/mol. The molecule has 0 saturated heterocycles. The number of carbonyl (C=O) groups is 1. The van der Waals surface area contributed by atoms with Crippen LogP contribution in [-0.2, 0) is 24.4 Å². The average molecular weight is 495 g/mol. The summed E-state index contributed by atoms with van der Waals surface area (Å²) in [6, 6.07) is 7.56. The lowest BCUT2D eigenvalue weighted by Crippen LogP contribution is -2.15. The SMILES string of the molecule is C=CCn1c(COc2ccc(Br)cc2)nnc1SCC(=O)Nc1nnc(CC)s1. The quantitative estimate of drug-likeness (QED) is 0.336. The maximum Gasteiger partial charge on any atom is 0.236 e. The van der Waals surface area contributed by atoms with Gasteiger partial charge in [0.1, 0.15) is 17.4 Å². The van der Waals surface area contributed by atoms with Crippen molar-refractivity contribution in [2.45, 2.75) is 31.7 Å². The molecule has 0 unspecified atom stereocenters. The fourth-order valence-electron chi connectivity index (χ4n) is 2.26. The first kappa shape index (κ1) is 21.5. The molecule has 0 radical (unpaired) electrons. The van der Waals surface area contributed by atoms with Gasteiger partial charge < -0.3 is 4.74 Å². The van der Waals surface area contributed by atoms with E-state index in [0.717, 1.165) is 21.7 Å². The van der Waals surface area contributed by atoms with Crippen LogP contribution in [-0.4, -0.2) is 36.6 Å². The Hall–Kier alpha value is -2.24. The minimum Gasteiger partial charge on any atom is -0.486 e. The molecule has 3 aromatic rings. The zero-order chi connectivity index (χ0) is 20.6. The Balaban J connectivity index is 1.59. The first-order valence-corrected chi connectivity index (χ1v) is 11.3. The van der Waals surface area contributed by atoms with Gasteiger partial charge in [-0.3, -0.25) is 14.7 Å². The third-order valence-corrected chi connectivity index (χ3v) is 6.11. The third-order valence-electron chi connectivity index (χ3n) is 3.63. The van der Waals surface area contributed by atoms with Crippen molar-refractivity contribution < 1.29 is 9.53 Å². The van der Waals surface area contributed by atoms with Gasteiger partial charge >= 0.3 is 0 Å². The minimum absolute atomic E-state index is 0.172. The molecule has 0 fully saturated rings. The van der Waals surface area contributed by atoms with Crippen LogP contribution in [0.25, 0.3) is 0 Å². The van der Waals surface area contributed by atoms with Crippen molar-refractivity contribution in [1.29, 1.82) is 0 Å². The molecule has 3 rings (SSSR count). The molecular formula is C18H19BrN6O2S2. The van der Waals surface area contributed by atoms with E-state index in [-0.39, 0.29) is 18.3 Å². The summed E-state index contributed by atoms with van der Waals surface area (Å²) >= 11 is 6.07. The highest BCUT2D eigenvalue weighted by molar-refractivity contribution is 9.10. The van der Waals surface area contributed by atoms with Gasteiger partial charge in [0.25, 0.3) is 0 Å². The number of hydrogen-bond acceptors (Lipinski definition) is 8. The van der Waals surface area contributed by atoms with E-state index in [1.807, 2.05) is 35.8 Å². The van der Waals surface area contributed by atoms with Crippen molar-refractivity contribution in [2.75, 3.05) is 11.1 Å². The number of nitrogens with zero attached hydrogens (tertiary/aromatic N) is 5. The molecule has 0 spiro atoms. The third kappa shape index (κ3) is 6.12. The predicted octanol–water partition coefficient (Wildman–Crippen LogP) is 3.95. The van der Waals surface area contributed by atoms with Gasteiger partial charge in [-0.2, -0.15) is 0 Å². The lowest BCUT2D eigenvalue weighted by Gasteiger charge is -2.09. The van der Waals surface area contributed by atoms with Gasteiger partial charge in [0.2, 0.25) is 11.0 Å². The number of ether oxygens (including phenoxy) is 1. The number of benzene rings is 1. The number of carbonyl (C=O) groups excluding carboxylic acids is 1. The number of hydrogen-bond donors (Lipinski definition) is 1. The van der Waals surface area contributed by atoms with Crippen LogP contribution >= 0.6 is 39.0 Å². The Kier molecular flexibility index (Phi) is 7.78. The van der Waals surface area contributed by atoms with Gasteiger partial charge in [0.05, 0.1) is 5.75 Å². The molecule has 1 amide bonds. The molecule has 0 saturated carbocycles. The van der Waals surface area contributed by atoms with E-state index in [4.69, 9.17) is 4.74 Å². The van der Waals surface area contributed by atoms with Gasteiger partial charge in [-0.25, -0.2) is 0 Å². The molecule has 0 bridgehead atoms. The smallest absolute Gasteiger partial charge is 0.236 e. The number of amides is 1. The topological polar surface area (TPSA) is 94.8 Å². The standard InChI is InChI=1S/C18H19BrN6O2S2/c1-3-9-25-14(10-27-13-7-5-12(19)6-8-13)21-24-18(25)28-11-15(26)20-17-23-22-16(4-2)29-17/h3,5-8H,1,4,9-11H2,2H3,(H,20,23,26). The largest absolute Gasteiger partial charge is 0.486 e. The highest BCUT2D eigenvalue weighted by Crippen LogP contribution is 2.21. The van der Waals surface area contributed by atoms with E-state index in [0.29, 0.717) is 22.7 Å². The highest BCUT2D eigenvalue weighted by Gasteiger charge is 2.15. The fourth-order valence-corrected chi connectivity index (χ4v) is 3.98. The molecule has 2 aromatic heterocycles. The van der Waals surface area contributed by atoms with Crippen LogP contribution < -0.4 is 10.1 Å². The van der Waals surface area contributed by atoms with Gasteiger partial charge in [0, 0.05) is 11.0 Å². The summed E-state index contributed by atoms with van der Waals surface area (Å²) in [5.74, 6) is 1.41. The van der Waals surface area contributed by atoms with Crippen molar-refractivity contribution in [1.82, 2.24) is 25.0 Å². The Morgan fingerprint density at radius 3 is 2.79 bits per heavy atom. The minimum atomic E-state index is -0.172. The number of halogens is 1. The summed E-state index contributed by atoms with van der Waals surface area (Å²) in [6.07, 6.45) is 2.54. The Labute approximate surface area is 184 Å². The maximum atomic E-state index is 12.2. The van der Waals surface area contributed by atoms with E-state index in [9.17, 15) is 4.79 Å². The molecule has 2 heterocycles. The number of anilines is 1. The van der Waals surface area contributed by atoms with Crippen LogP contribution in [0.3, 0.4) is 0 Å². The lowest BCUT2D eigenvalue weighted by molar-refractivity contribution is -0.113. The van der Waals surface area contributed by atoms with Crippen LogP contribution in [0.5, 0.6) is 5.75 Å². The van der Waals surface area contributed by atoms with Gasteiger partial charge in [0.15, 0.2) is 11.0 Å². The molecular weight excluding hydrogens is 476 g/mol. The Morgan fingerprint density at radius 2 is 2.10 bits per heavy atom. The molecule has 11 heteroatoms. The molecule has 1 aromatic carbocycles. The van der Waals surface area contributed by atoms with E-state index < -0.39 is 0 Å². The van der Waals surface area contributed by atoms with Crippen LogP contribution in [0.2, 0.25) is 0 Å². The maximum absolute atomic E-state index is 12.2. The van der Waals surface area contributed by atoms with Crippen LogP contribution in [0, 0.1) is 0 Å². The predicted molar refractivity (Wildman–Crippen MR) is 117 cm³/mol. The normalized spacial score (nSPS) is 10.7. The molecule has 0 atom stereocenters. The number of nitrogens with one attached hydrogen (secondary N) is 1. The van der Waals surface area contributed by atoms with Crippen molar-refractivity contribution in [3.63, 3.8) is 0 Å². The summed E-state index contributed by atoms with van der Waals surface area (Å²) in [6.45, 7) is 6.56. The molecule has 8 nitrogen and oxygen atoms in total. The van der Waals surface area contributed by atoms with Gasteiger partial charge in [-0.15, -0.1) is 27.0 Å². The van der Waals surface area contributed by atoms with Gasteiger partial charge in [-0.1, -0.05) is 52.0 Å². The van der Waals surface area contributed by atoms with E-state index in [1.54, 1.807) is 6.08 Å². The van der Waals surface area contributed by atoms with Gasteiger partial charge in [-0.05, 0) is 30.7 Å². The zero-order valence-electron chi connectivity index (χ0n) is 15.7. The second-order valence-electron chi connectivity index (χ2n) is 5.73.